The molecule has 1 saturated heterocycles. The molecule has 6 nitrogen and oxygen atoms in total. The van der Waals surface area contributed by atoms with Gasteiger partial charge in [0.05, 0.1) is 0 Å². The maximum absolute atomic E-state index is 11.9. The van der Waals surface area contributed by atoms with Crippen LogP contribution in [0.4, 0.5) is 0 Å². The SMILES string of the molecule is CC(=O)c1c[nH]c(C(=O)NCCCN2CCCCCC2=O)c1. The lowest BCUT2D eigenvalue weighted by molar-refractivity contribution is -0.130. The third-order valence-electron chi connectivity index (χ3n) is 3.90. The lowest BCUT2D eigenvalue weighted by Gasteiger charge is -2.20. The van der Waals surface area contributed by atoms with Gasteiger partial charge in [-0.2, -0.15) is 0 Å². The summed E-state index contributed by atoms with van der Waals surface area (Å²) < 4.78 is 0. The third kappa shape index (κ3) is 4.44. The van der Waals surface area contributed by atoms with Crippen molar-refractivity contribution in [3.8, 4) is 0 Å². The monoisotopic (exact) mass is 305 g/mol. The van der Waals surface area contributed by atoms with E-state index in [1.807, 2.05) is 4.90 Å². The quantitative estimate of drug-likeness (QED) is 0.620. The van der Waals surface area contributed by atoms with Crippen molar-refractivity contribution in [3.05, 3.63) is 23.5 Å². The van der Waals surface area contributed by atoms with E-state index >= 15 is 0 Å². The largest absolute Gasteiger partial charge is 0.356 e. The number of nitrogens with one attached hydrogen (secondary N) is 2. The van der Waals surface area contributed by atoms with Crippen LogP contribution in [0.3, 0.4) is 0 Å². The molecule has 0 atom stereocenters. The Balaban J connectivity index is 1.72. The number of aromatic nitrogens is 1. The lowest BCUT2D eigenvalue weighted by atomic mass is 10.2. The Kier molecular flexibility index (Phi) is 5.75. The van der Waals surface area contributed by atoms with Crippen LogP contribution >= 0.6 is 0 Å². The van der Waals surface area contributed by atoms with E-state index in [0.717, 1.165) is 32.2 Å². The molecule has 2 heterocycles. The Bertz CT molecular complexity index is 551. The van der Waals surface area contributed by atoms with Crippen molar-refractivity contribution in [1.82, 2.24) is 15.2 Å². The fourth-order valence-corrected chi connectivity index (χ4v) is 2.57. The number of carbonyl (C=O) groups is 3. The van der Waals surface area contributed by atoms with Crippen molar-refractivity contribution in [1.29, 1.82) is 0 Å². The minimum Gasteiger partial charge on any atom is -0.356 e. The molecule has 22 heavy (non-hydrogen) atoms. The number of Topliss-reactive ketones (excluding diaryl/α,β-unsaturated/α-hetero) is 1. The van der Waals surface area contributed by atoms with Crippen LogP contribution in [0.25, 0.3) is 0 Å². The van der Waals surface area contributed by atoms with Crippen molar-refractivity contribution >= 4 is 17.6 Å². The molecule has 1 aromatic heterocycles. The number of amides is 2. The van der Waals surface area contributed by atoms with Crippen LogP contribution in [0.1, 0.15) is 59.9 Å². The van der Waals surface area contributed by atoms with Crippen LogP contribution in [-0.2, 0) is 4.79 Å². The van der Waals surface area contributed by atoms with Crippen molar-refractivity contribution in [2.45, 2.75) is 39.0 Å². The second-order valence-electron chi connectivity index (χ2n) is 5.66. The highest BCUT2D eigenvalue weighted by atomic mass is 16.2. The van der Waals surface area contributed by atoms with E-state index in [1.54, 1.807) is 6.07 Å². The topological polar surface area (TPSA) is 82.3 Å². The van der Waals surface area contributed by atoms with Gasteiger partial charge in [-0.05, 0) is 32.3 Å². The second-order valence-corrected chi connectivity index (χ2v) is 5.66. The van der Waals surface area contributed by atoms with Gasteiger partial charge in [0.1, 0.15) is 5.69 Å². The Morgan fingerprint density at radius 3 is 2.86 bits per heavy atom. The van der Waals surface area contributed by atoms with Crippen LogP contribution in [0.2, 0.25) is 0 Å². The zero-order chi connectivity index (χ0) is 15.9. The summed E-state index contributed by atoms with van der Waals surface area (Å²) in [5.74, 6) is -0.0797. The molecular weight excluding hydrogens is 282 g/mol. The molecule has 0 aliphatic carbocycles. The molecule has 2 N–H and O–H groups in total. The van der Waals surface area contributed by atoms with Crippen molar-refractivity contribution < 1.29 is 14.4 Å². The summed E-state index contributed by atoms with van der Waals surface area (Å²) in [6, 6.07) is 1.55. The maximum atomic E-state index is 11.9. The smallest absolute Gasteiger partial charge is 0.267 e. The molecule has 6 heteroatoms. The molecule has 1 aromatic rings. The van der Waals surface area contributed by atoms with E-state index in [2.05, 4.69) is 10.3 Å². The average Bonchev–Trinajstić information content (AvgIpc) is 2.90. The van der Waals surface area contributed by atoms with E-state index in [0.29, 0.717) is 30.8 Å². The fraction of sp³-hybridized carbons (Fsp3) is 0.562. The van der Waals surface area contributed by atoms with Crippen LogP contribution in [0.15, 0.2) is 12.3 Å². The zero-order valence-corrected chi connectivity index (χ0v) is 13.0. The number of H-pyrrole nitrogens is 1. The van der Waals surface area contributed by atoms with Gasteiger partial charge < -0.3 is 15.2 Å². The third-order valence-corrected chi connectivity index (χ3v) is 3.90. The number of rotatable bonds is 6. The van der Waals surface area contributed by atoms with Crippen LogP contribution in [0, 0.1) is 0 Å². The number of carbonyl (C=O) groups excluding carboxylic acids is 3. The fourth-order valence-electron chi connectivity index (χ4n) is 2.57. The summed E-state index contributed by atoms with van der Waals surface area (Å²) in [5.41, 5.74) is 0.886. The molecule has 2 rings (SSSR count). The van der Waals surface area contributed by atoms with Crippen LogP contribution in [0.5, 0.6) is 0 Å². The molecule has 120 valence electrons. The first-order chi connectivity index (χ1) is 10.6. The van der Waals surface area contributed by atoms with Crippen LogP contribution in [-0.4, -0.2) is 47.1 Å². The molecule has 0 saturated carbocycles. The molecule has 0 unspecified atom stereocenters. The van der Waals surface area contributed by atoms with E-state index in [4.69, 9.17) is 0 Å². The summed E-state index contributed by atoms with van der Waals surface area (Å²) in [5, 5.41) is 2.80. The van der Waals surface area contributed by atoms with Gasteiger partial charge in [-0.15, -0.1) is 0 Å². The highest BCUT2D eigenvalue weighted by Gasteiger charge is 2.16. The minimum absolute atomic E-state index is 0.0741. The van der Waals surface area contributed by atoms with E-state index < -0.39 is 0 Å². The highest BCUT2D eigenvalue weighted by molar-refractivity contribution is 5.99. The van der Waals surface area contributed by atoms with E-state index in [1.165, 1.54) is 13.1 Å². The minimum atomic E-state index is -0.227. The first kappa shape index (κ1) is 16.3. The summed E-state index contributed by atoms with van der Waals surface area (Å²) >= 11 is 0. The zero-order valence-electron chi connectivity index (χ0n) is 13.0. The summed E-state index contributed by atoms with van der Waals surface area (Å²) in [6.45, 7) is 3.48. The number of hydrogen-bond donors (Lipinski definition) is 2. The van der Waals surface area contributed by atoms with Crippen molar-refractivity contribution in [2.75, 3.05) is 19.6 Å². The van der Waals surface area contributed by atoms with Gasteiger partial charge in [0.2, 0.25) is 5.91 Å². The van der Waals surface area contributed by atoms with Gasteiger partial charge in [0.25, 0.3) is 5.91 Å². The highest BCUT2D eigenvalue weighted by Crippen LogP contribution is 2.11. The number of hydrogen-bond acceptors (Lipinski definition) is 3. The standard InChI is InChI=1S/C16H23N3O3/c1-12(20)13-10-14(18-11-13)16(22)17-7-5-9-19-8-4-2-3-6-15(19)21/h10-11,18H,2-9H2,1H3,(H,17,22). The molecule has 0 radical (unpaired) electrons. The summed E-state index contributed by atoms with van der Waals surface area (Å²) in [4.78, 5) is 39.6. The van der Waals surface area contributed by atoms with Gasteiger partial charge in [-0.25, -0.2) is 0 Å². The second kappa shape index (κ2) is 7.77. The lowest BCUT2D eigenvalue weighted by Crippen LogP contribution is -2.34. The maximum Gasteiger partial charge on any atom is 0.267 e. The Labute approximate surface area is 130 Å². The molecule has 2 amide bonds. The molecule has 1 aliphatic rings. The molecule has 1 fully saturated rings. The van der Waals surface area contributed by atoms with Crippen molar-refractivity contribution in [2.24, 2.45) is 0 Å². The van der Waals surface area contributed by atoms with Gasteiger partial charge in [-0.1, -0.05) is 6.42 Å². The molecule has 0 aromatic carbocycles. The van der Waals surface area contributed by atoms with Gasteiger partial charge >= 0.3 is 0 Å². The first-order valence-corrected chi connectivity index (χ1v) is 7.83. The summed E-state index contributed by atoms with van der Waals surface area (Å²) in [7, 11) is 0. The summed E-state index contributed by atoms with van der Waals surface area (Å²) in [6.07, 6.45) is 6.07. The molecule has 0 spiro atoms. The number of ketones is 1. The van der Waals surface area contributed by atoms with Crippen LogP contribution < -0.4 is 5.32 Å². The van der Waals surface area contributed by atoms with Gasteiger partial charge in [0.15, 0.2) is 5.78 Å². The predicted molar refractivity (Wildman–Crippen MR) is 82.8 cm³/mol. The first-order valence-electron chi connectivity index (χ1n) is 7.83. The number of nitrogens with zero attached hydrogens (tertiary/aromatic N) is 1. The number of aromatic amines is 1. The Morgan fingerprint density at radius 1 is 1.32 bits per heavy atom. The van der Waals surface area contributed by atoms with Gasteiger partial charge in [0, 0.05) is 37.8 Å². The van der Waals surface area contributed by atoms with E-state index in [-0.39, 0.29) is 17.6 Å². The van der Waals surface area contributed by atoms with Crippen molar-refractivity contribution in [3.63, 3.8) is 0 Å². The van der Waals surface area contributed by atoms with Gasteiger partial charge in [-0.3, -0.25) is 14.4 Å². The average molecular weight is 305 g/mol. The molecule has 0 bridgehead atoms. The molecule has 1 aliphatic heterocycles. The Hall–Kier alpha value is -2.11. The van der Waals surface area contributed by atoms with E-state index in [9.17, 15) is 14.4 Å². The molecular formula is C16H23N3O3. The predicted octanol–water partition coefficient (Wildman–Crippen LogP) is 1.74. The Morgan fingerprint density at radius 2 is 2.14 bits per heavy atom. The number of likely N-dealkylation sites (tertiary alicyclic amines) is 1. The normalized spacial score (nSPS) is 15.5.